The van der Waals surface area contributed by atoms with E-state index in [1.807, 2.05) is 31.2 Å². The Bertz CT molecular complexity index is 810. The first kappa shape index (κ1) is 16.5. The Morgan fingerprint density at radius 3 is 2.88 bits per heavy atom. The molecular formula is C16H20N4O3S. The van der Waals surface area contributed by atoms with Gasteiger partial charge in [-0.1, -0.05) is 12.1 Å². The summed E-state index contributed by atoms with van der Waals surface area (Å²) < 4.78 is 28.6. The molecule has 0 bridgehead atoms. The van der Waals surface area contributed by atoms with Gasteiger partial charge < -0.3 is 15.4 Å². The molecule has 2 N–H and O–H groups in total. The predicted molar refractivity (Wildman–Crippen MR) is 93.6 cm³/mol. The van der Waals surface area contributed by atoms with Gasteiger partial charge in [0.2, 0.25) is 5.95 Å². The molecule has 1 aliphatic heterocycles. The lowest BCUT2D eigenvalue weighted by atomic mass is 10.3. The van der Waals surface area contributed by atoms with Gasteiger partial charge in [0.1, 0.15) is 11.6 Å². The Morgan fingerprint density at radius 1 is 1.29 bits per heavy atom. The molecule has 1 fully saturated rings. The summed E-state index contributed by atoms with van der Waals surface area (Å²) in [6.07, 6.45) is 2.21. The van der Waals surface area contributed by atoms with E-state index in [0.717, 1.165) is 11.4 Å². The normalized spacial score (nSPS) is 19.0. The lowest BCUT2D eigenvalue weighted by Crippen LogP contribution is -2.22. The molecule has 24 heavy (non-hydrogen) atoms. The molecule has 7 nitrogen and oxygen atoms in total. The number of aromatic nitrogens is 2. The number of nitrogens with one attached hydrogen (secondary N) is 2. The molecule has 2 heterocycles. The average Bonchev–Trinajstić information content (AvgIpc) is 2.89. The van der Waals surface area contributed by atoms with E-state index in [1.165, 1.54) is 0 Å². The smallest absolute Gasteiger partial charge is 0.224 e. The van der Waals surface area contributed by atoms with Crippen LogP contribution < -0.4 is 15.4 Å². The van der Waals surface area contributed by atoms with Gasteiger partial charge in [-0.3, -0.25) is 0 Å². The van der Waals surface area contributed by atoms with Crippen LogP contribution in [0.4, 0.5) is 17.5 Å². The second-order valence-corrected chi connectivity index (χ2v) is 7.79. The van der Waals surface area contributed by atoms with Gasteiger partial charge in [0, 0.05) is 12.2 Å². The quantitative estimate of drug-likeness (QED) is 0.827. The molecule has 1 saturated heterocycles. The van der Waals surface area contributed by atoms with Crippen LogP contribution in [0, 0.1) is 0 Å². The van der Waals surface area contributed by atoms with Crippen LogP contribution in [-0.2, 0) is 9.84 Å². The van der Waals surface area contributed by atoms with Crippen molar-refractivity contribution in [2.24, 2.45) is 0 Å². The van der Waals surface area contributed by atoms with Crippen molar-refractivity contribution in [3.8, 4) is 5.75 Å². The lowest BCUT2D eigenvalue weighted by Gasteiger charge is -2.14. The fourth-order valence-corrected chi connectivity index (χ4v) is 4.25. The van der Waals surface area contributed by atoms with E-state index in [1.54, 1.807) is 12.3 Å². The molecule has 3 rings (SSSR count). The molecule has 1 atom stereocenters. The van der Waals surface area contributed by atoms with Gasteiger partial charge in [-0.2, -0.15) is 4.98 Å². The van der Waals surface area contributed by atoms with Crippen LogP contribution in [0.2, 0.25) is 0 Å². The average molecular weight is 348 g/mol. The Hall–Kier alpha value is -2.35. The Morgan fingerprint density at radius 2 is 2.12 bits per heavy atom. The maximum atomic E-state index is 11.5. The number of para-hydroxylation sites is 2. The maximum Gasteiger partial charge on any atom is 0.224 e. The van der Waals surface area contributed by atoms with E-state index < -0.39 is 9.84 Å². The van der Waals surface area contributed by atoms with Crippen LogP contribution in [0.3, 0.4) is 0 Å². The van der Waals surface area contributed by atoms with Crippen molar-refractivity contribution in [3.05, 3.63) is 36.5 Å². The molecule has 1 aliphatic rings. The van der Waals surface area contributed by atoms with Crippen molar-refractivity contribution in [3.63, 3.8) is 0 Å². The highest BCUT2D eigenvalue weighted by Gasteiger charge is 2.28. The number of rotatable bonds is 6. The van der Waals surface area contributed by atoms with Crippen molar-refractivity contribution in [1.29, 1.82) is 0 Å². The number of hydrogen-bond acceptors (Lipinski definition) is 7. The van der Waals surface area contributed by atoms with Gasteiger partial charge in [-0.25, -0.2) is 13.4 Å². The second kappa shape index (κ2) is 7.04. The summed E-state index contributed by atoms with van der Waals surface area (Å²) in [6.45, 7) is 2.50. The van der Waals surface area contributed by atoms with Gasteiger partial charge in [0.15, 0.2) is 9.84 Å². The Kier molecular flexibility index (Phi) is 4.84. The number of hydrogen-bond donors (Lipinski definition) is 2. The van der Waals surface area contributed by atoms with Gasteiger partial charge in [0.05, 0.1) is 23.8 Å². The second-order valence-electron chi connectivity index (χ2n) is 5.56. The maximum absolute atomic E-state index is 11.5. The first-order chi connectivity index (χ1) is 11.6. The minimum absolute atomic E-state index is 0.126. The van der Waals surface area contributed by atoms with Gasteiger partial charge in [-0.15, -0.1) is 0 Å². The summed E-state index contributed by atoms with van der Waals surface area (Å²) >= 11 is 0. The highest BCUT2D eigenvalue weighted by molar-refractivity contribution is 7.91. The van der Waals surface area contributed by atoms with Crippen LogP contribution in [0.25, 0.3) is 0 Å². The van der Waals surface area contributed by atoms with Gasteiger partial charge >= 0.3 is 0 Å². The molecule has 1 aromatic heterocycles. The standard InChI is InChI=1S/C16H20N4O3S/c1-2-23-14-6-4-3-5-13(14)19-15-7-9-17-16(20-15)18-12-8-10-24(21,22)11-12/h3-7,9,12H,2,8,10-11H2,1H3,(H2,17,18,19,20). The van der Waals surface area contributed by atoms with Crippen molar-refractivity contribution < 1.29 is 13.2 Å². The van der Waals surface area contributed by atoms with Gasteiger partial charge in [-0.05, 0) is 31.5 Å². The van der Waals surface area contributed by atoms with E-state index in [-0.39, 0.29) is 17.5 Å². The van der Waals surface area contributed by atoms with Crippen molar-refractivity contribution in [2.75, 3.05) is 28.7 Å². The highest BCUT2D eigenvalue weighted by atomic mass is 32.2. The zero-order valence-corrected chi connectivity index (χ0v) is 14.2. The number of benzene rings is 1. The minimum Gasteiger partial charge on any atom is -0.492 e. The number of nitrogens with zero attached hydrogens (tertiary/aromatic N) is 2. The fraction of sp³-hybridized carbons (Fsp3) is 0.375. The summed E-state index contributed by atoms with van der Waals surface area (Å²) in [5, 5.41) is 6.29. The van der Waals surface area contributed by atoms with Crippen LogP contribution >= 0.6 is 0 Å². The van der Waals surface area contributed by atoms with Crippen molar-refractivity contribution >= 4 is 27.3 Å². The van der Waals surface area contributed by atoms with E-state index in [9.17, 15) is 8.42 Å². The third-order valence-electron chi connectivity index (χ3n) is 3.67. The fourth-order valence-electron chi connectivity index (χ4n) is 2.58. The molecular weight excluding hydrogens is 328 g/mol. The van der Waals surface area contributed by atoms with Crippen molar-refractivity contribution in [2.45, 2.75) is 19.4 Å². The third kappa shape index (κ3) is 4.14. The van der Waals surface area contributed by atoms with Crippen LogP contribution in [0.5, 0.6) is 5.75 Å². The molecule has 1 aromatic carbocycles. The summed E-state index contributed by atoms with van der Waals surface area (Å²) in [5.41, 5.74) is 0.812. The van der Waals surface area contributed by atoms with Crippen molar-refractivity contribution in [1.82, 2.24) is 9.97 Å². The summed E-state index contributed by atoms with van der Waals surface area (Å²) in [4.78, 5) is 8.56. The SMILES string of the molecule is CCOc1ccccc1Nc1ccnc(NC2CCS(=O)(=O)C2)n1. The van der Waals surface area contributed by atoms with Crippen LogP contribution in [0.15, 0.2) is 36.5 Å². The number of ether oxygens (including phenoxy) is 1. The number of anilines is 3. The van der Waals surface area contributed by atoms with Crippen LogP contribution in [0.1, 0.15) is 13.3 Å². The highest BCUT2D eigenvalue weighted by Crippen LogP contribution is 2.27. The molecule has 0 radical (unpaired) electrons. The molecule has 1 unspecified atom stereocenters. The summed E-state index contributed by atoms with van der Waals surface area (Å²) in [7, 11) is -2.94. The molecule has 0 aliphatic carbocycles. The first-order valence-electron chi connectivity index (χ1n) is 7.84. The summed E-state index contributed by atoms with van der Waals surface area (Å²) in [6, 6.07) is 9.22. The predicted octanol–water partition coefficient (Wildman–Crippen LogP) is 2.22. The van der Waals surface area contributed by atoms with Gasteiger partial charge in [0.25, 0.3) is 0 Å². The molecule has 0 spiro atoms. The Labute approximate surface area is 141 Å². The zero-order chi connectivity index (χ0) is 17.0. The number of sulfone groups is 1. The van der Waals surface area contributed by atoms with E-state index in [4.69, 9.17) is 4.74 Å². The lowest BCUT2D eigenvalue weighted by molar-refractivity contribution is 0.342. The largest absolute Gasteiger partial charge is 0.492 e. The summed E-state index contributed by atoms with van der Waals surface area (Å²) in [5.74, 6) is 2.11. The van der Waals surface area contributed by atoms with E-state index in [2.05, 4.69) is 20.6 Å². The minimum atomic E-state index is -2.94. The van der Waals surface area contributed by atoms with E-state index >= 15 is 0 Å². The van der Waals surface area contributed by atoms with Crippen LogP contribution in [-0.4, -0.2) is 42.5 Å². The molecule has 0 saturated carbocycles. The molecule has 2 aromatic rings. The van der Waals surface area contributed by atoms with E-state index in [0.29, 0.717) is 24.8 Å². The topological polar surface area (TPSA) is 93.2 Å². The molecule has 128 valence electrons. The molecule has 0 amide bonds. The monoisotopic (exact) mass is 348 g/mol. The Balaban J connectivity index is 1.72. The third-order valence-corrected chi connectivity index (χ3v) is 5.44. The molecule has 8 heteroatoms. The first-order valence-corrected chi connectivity index (χ1v) is 9.67. The zero-order valence-electron chi connectivity index (χ0n) is 13.4.